The average molecular weight is 252 g/mol. The lowest BCUT2D eigenvalue weighted by molar-refractivity contribution is 0.424. The monoisotopic (exact) mass is 252 g/mol. The van der Waals surface area contributed by atoms with E-state index in [1.165, 1.54) is 32.1 Å². The number of rotatable bonds is 11. The highest BCUT2D eigenvalue weighted by molar-refractivity contribution is 4.91. The molecule has 0 saturated heterocycles. The summed E-state index contributed by atoms with van der Waals surface area (Å²) in [5.41, 5.74) is -0.154. The summed E-state index contributed by atoms with van der Waals surface area (Å²) < 4.78 is 0. The van der Waals surface area contributed by atoms with E-state index in [1.54, 1.807) is 0 Å². The standard InChI is InChI=1S/C16H32N2/c1-15(2)10-7-5-6-8-12-18-13-9-11-16(3,4)14-17/h15,18H,5-13H2,1-4H3. The van der Waals surface area contributed by atoms with Gasteiger partial charge in [0.1, 0.15) is 0 Å². The van der Waals surface area contributed by atoms with Gasteiger partial charge in [0.05, 0.1) is 11.5 Å². The minimum absolute atomic E-state index is 0.154. The van der Waals surface area contributed by atoms with Gasteiger partial charge in [-0.1, -0.05) is 39.5 Å². The van der Waals surface area contributed by atoms with E-state index in [-0.39, 0.29) is 5.41 Å². The highest BCUT2D eigenvalue weighted by Crippen LogP contribution is 2.19. The van der Waals surface area contributed by atoms with E-state index in [1.807, 2.05) is 13.8 Å². The number of unbranched alkanes of at least 4 members (excludes halogenated alkanes) is 3. The topological polar surface area (TPSA) is 35.8 Å². The number of hydrogen-bond donors (Lipinski definition) is 1. The Bertz CT molecular complexity index is 226. The van der Waals surface area contributed by atoms with E-state index in [0.29, 0.717) is 0 Å². The van der Waals surface area contributed by atoms with Gasteiger partial charge < -0.3 is 5.32 Å². The maximum absolute atomic E-state index is 8.89. The SMILES string of the molecule is CC(C)CCCCCCNCCCC(C)(C)C#N. The third-order valence-electron chi connectivity index (χ3n) is 3.34. The second kappa shape index (κ2) is 10.4. The Morgan fingerprint density at radius 3 is 2.22 bits per heavy atom. The molecule has 0 aromatic carbocycles. The third-order valence-corrected chi connectivity index (χ3v) is 3.34. The third kappa shape index (κ3) is 11.9. The van der Waals surface area contributed by atoms with Gasteiger partial charge in [-0.15, -0.1) is 0 Å². The Morgan fingerprint density at radius 1 is 1.00 bits per heavy atom. The van der Waals surface area contributed by atoms with Crippen molar-refractivity contribution in [2.45, 2.75) is 72.6 Å². The van der Waals surface area contributed by atoms with Crippen LogP contribution in [-0.2, 0) is 0 Å². The summed E-state index contributed by atoms with van der Waals surface area (Å²) >= 11 is 0. The van der Waals surface area contributed by atoms with Gasteiger partial charge in [-0.25, -0.2) is 0 Å². The van der Waals surface area contributed by atoms with Crippen molar-refractivity contribution >= 4 is 0 Å². The smallest absolute Gasteiger partial charge is 0.0683 e. The molecule has 0 aromatic heterocycles. The van der Waals surface area contributed by atoms with Crippen LogP contribution in [0.15, 0.2) is 0 Å². The van der Waals surface area contributed by atoms with Crippen LogP contribution in [0.2, 0.25) is 0 Å². The highest BCUT2D eigenvalue weighted by Gasteiger charge is 2.14. The molecular weight excluding hydrogens is 220 g/mol. The van der Waals surface area contributed by atoms with E-state index in [9.17, 15) is 0 Å². The van der Waals surface area contributed by atoms with Crippen LogP contribution >= 0.6 is 0 Å². The van der Waals surface area contributed by atoms with Gasteiger partial charge in [0.2, 0.25) is 0 Å². The molecule has 0 bridgehead atoms. The average Bonchev–Trinajstić information content (AvgIpc) is 2.31. The summed E-state index contributed by atoms with van der Waals surface area (Å²) in [5.74, 6) is 0.853. The zero-order valence-electron chi connectivity index (χ0n) is 12.9. The predicted molar refractivity (Wildman–Crippen MR) is 79.4 cm³/mol. The molecule has 0 aliphatic rings. The van der Waals surface area contributed by atoms with Crippen LogP contribution in [0, 0.1) is 22.7 Å². The van der Waals surface area contributed by atoms with Gasteiger partial charge in [-0.05, 0) is 52.1 Å². The van der Waals surface area contributed by atoms with E-state index in [2.05, 4.69) is 25.2 Å². The summed E-state index contributed by atoms with van der Waals surface area (Å²) in [7, 11) is 0. The van der Waals surface area contributed by atoms with Crippen LogP contribution in [-0.4, -0.2) is 13.1 Å². The molecule has 0 rings (SSSR count). The Morgan fingerprint density at radius 2 is 1.61 bits per heavy atom. The van der Waals surface area contributed by atoms with Crippen LogP contribution < -0.4 is 5.32 Å². The van der Waals surface area contributed by atoms with Gasteiger partial charge in [0, 0.05) is 0 Å². The van der Waals surface area contributed by atoms with Crippen LogP contribution in [0.25, 0.3) is 0 Å². The van der Waals surface area contributed by atoms with Gasteiger partial charge in [0.25, 0.3) is 0 Å². The first-order valence-electron chi connectivity index (χ1n) is 7.60. The lowest BCUT2D eigenvalue weighted by atomic mass is 9.90. The van der Waals surface area contributed by atoms with Crippen molar-refractivity contribution in [1.82, 2.24) is 5.32 Å². The van der Waals surface area contributed by atoms with Crippen molar-refractivity contribution in [2.75, 3.05) is 13.1 Å². The van der Waals surface area contributed by atoms with E-state index >= 15 is 0 Å². The molecule has 106 valence electrons. The molecule has 0 amide bonds. The molecule has 2 heteroatoms. The Labute approximate surface area is 114 Å². The fraction of sp³-hybridized carbons (Fsp3) is 0.938. The molecule has 2 nitrogen and oxygen atoms in total. The minimum Gasteiger partial charge on any atom is -0.317 e. The van der Waals surface area contributed by atoms with Crippen LogP contribution in [0.3, 0.4) is 0 Å². The van der Waals surface area contributed by atoms with Gasteiger partial charge in [0.15, 0.2) is 0 Å². The molecule has 0 heterocycles. The van der Waals surface area contributed by atoms with E-state index in [4.69, 9.17) is 5.26 Å². The molecule has 0 aliphatic heterocycles. The maximum Gasteiger partial charge on any atom is 0.0683 e. The fourth-order valence-electron chi connectivity index (χ4n) is 1.99. The number of hydrogen-bond acceptors (Lipinski definition) is 2. The van der Waals surface area contributed by atoms with Gasteiger partial charge in [-0.2, -0.15) is 5.26 Å². The largest absolute Gasteiger partial charge is 0.317 e. The Hall–Kier alpha value is -0.550. The fourth-order valence-corrected chi connectivity index (χ4v) is 1.99. The van der Waals surface area contributed by atoms with E-state index in [0.717, 1.165) is 31.8 Å². The van der Waals surface area contributed by atoms with Gasteiger partial charge >= 0.3 is 0 Å². The second-order valence-corrected chi connectivity index (χ2v) is 6.45. The summed E-state index contributed by atoms with van der Waals surface area (Å²) in [5, 5.41) is 12.4. The van der Waals surface area contributed by atoms with Crippen LogP contribution in [0.5, 0.6) is 0 Å². The number of nitrogens with zero attached hydrogens (tertiary/aromatic N) is 1. The molecular formula is C16H32N2. The summed E-state index contributed by atoms with van der Waals surface area (Å²) in [4.78, 5) is 0. The first-order valence-corrected chi connectivity index (χ1v) is 7.60. The second-order valence-electron chi connectivity index (χ2n) is 6.45. The van der Waals surface area contributed by atoms with Crippen molar-refractivity contribution in [3.63, 3.8) is 0 Å². The molecule has 1 N–H and O–H groups in total. The summed E-state index contributed by atoms with van der Waals surface area (Å²) in [6, 6.07) is 2.35. The first kappa shape index (κ1) is 17.4. The van der Waals surface area contributed by atoms with Crippen molar-refractivity contribution in [2.24, 2.45) is 11.3 Å². The van der Waals surface area contributed by atoms with Crippen LogP contribution in [0.4, 0.5) is 0 Å². The minimum atomic E-state index is -0.154. The Kier molecular flexibility index (Phi) is 10.1. The lowest BCUT2D eigenvalue weighted by Crippen LogP contribution is -2.19. The van der Waals surface area contributed by atoms with Crippen LogP contribution in [0.1, 0.15) is 72.6 Å². The summed E-state index contributed by atoms with van der Waals surface area (Å²) in [6.07, 6.45) is 8.87. The zero-order chi connectivity index (χ0) is 13.9. The molecule has 0 unspecified atom stereocenters. The zero-order valence-corrected chi connectivity index (χ0v) is 12.9. The van der Waals surface area contributed by atoms with Crippen molar-refractivity contribution < 1.29 is 0 Å². The summed E-state index contributed by atoms with van der Waals surface area (Å²) in [6.45, 7) is 10.8. The normalized spacial score (nSPS) is 11.8. The van der Waals surface area contributed by atoms with Crippen molar-refractivity contribution in [1.29, 1.82) is 5.26 Å². The quantitative estimate of drug-likeness (QED) is 0.549. The maximum atomic E-state index is 8.89. The Balaban J connectivity index is 3.15. The molecule has 0 aliphatic carbocycles. The van der Waals surface area contributed by atoms with Crippen molar-refractivity contribution in [3.8, 4) is 6.07 Å². The van der Waals surface area contributed by atoms with Crippen molar-refractivity contribution in [3.05, 3.63) is 0 Å². The number of nitriles is 1. The molecule has 0 saturated carbocycles. The first-order chi connectivity index (χ1) is 8.48. The molecule has 0 atom stereocenters. The van der Waals surface area contributed by atoms with Gasteiger partial charge in [-0.3, -0.25) is 0 Å². The predicted octanol–water partition coefficient (Wildman–Crippen LogP) is 4.51. The highest BCUT2D eigenvalue weighted by atomic mass is 14.8. The molecule has 18 heavy (non-hydrogen) atoms. The lowest BCUT2D eigenvalue weighted by Gasteiger charge is -2.14. The number of nitrogens with one attached hydrogen (secondary N) is 1. The molecule has 0 fully saturated rings. The molecule has 0 aromatic rings. The van der Waals surface area contributed by atoms with E-state index < -0.39 is 0 Å². The molecule has 0 radical (unpaired) electrons. The molecule has 0 spiro atoms.